The Balaban J connectivity index is 1.45. The minimum Gasteiger partial charge on any atom is -0.497 e. The summed E-state index contributed by atoms with van der Waals surface area (Å²) in [6.45, 7) is -0.427. The van der Waals surface area contributed by atoms with Crippen LogP contribution in [0.15, 0.2) is 40.2 Å². The molecule has 1 aromatic carbocycles. The number of esters is 1. The number of aromatic nitrogens is 2. The molecule has 1 N–H and O–H groups in total. The standard InChI is InChI=1S/C19H19N3O6S/c1-25-12-5-6-14(26-2)13(10-12)20-16(23)11-27-18(24)8-7-17-21-19(22-28-17)15-4-3-9-29-15/h3-6,9-10H,7-8,11H2,1-2H3,(H,20,23). The van der Waals surface area contributed by atoms with E-state index in [1.807, 2.05) is 17.5 Å². The first-order valence-corrected chi connectivity index (χ1v) is 9.51. The average molecular weight is 417 g/mol. The fraction of sp³-hybridized carbons (Fsp3) is 0.263. The van der Waals surface area contributed by atoms with Gasteiger partial charge in [0.25, 0.3) is 5.91 Å². The number of ether oxygens (including phenoxy) is 3. The van der Waals surface area contributed by atoms with Crippen LogP contribution in [0.1, 0.15) is 12.3 Å². The fourth-order valence-electron chi connectivity index (χ4n) is 2.39. The normalized spacial score (nSPS) is 10.4. The predicted molar refractivity (Wildman–Crippen MR) is 105 cm³/mol. The zero-order chi connectivity index (χ0) is 20.6. The Morgan fingerprint density at radius 3 is 2.79 bits per heavy atom. The van der Waals surface area contributed by atoms with Crippen molar-refractivity contribution >= 4 is 28.9 Å². The van der Waals surface area contributed by atoms with Crippen molar-refractivity contribution in [1.29, 1.82) is 0 Å². The smallest absolute Gasteiger partial charge is 0.306 e. The summed E-state index contributed by atoms with van der Waals surface area (Å²) in [6, 6.07) is 8.74. The summed E-state index contributed by atoms with van der Waals surface area (Å²) < 4.78 is 20.4. The SMILES string of the molecule is COc1ccc(OC)c(NC(=O)COC(=O)CCc2nc(-c3cccs3)no2)c1. The van der Waals surface area contributed by atoms with E-state index < -0.39 is 18.5 Å². The summed E-state index contributed by atoms with van der Waals surface area (Å²) in [7, 11) is 3.00. The number of methoxy groups -OCH3 is 2. The lowest BCUT2D eigenvalue weighted by molar-refractivity contribution is -0.147. The molecule has 0 radical (unpaired) electrons. The van der Waals surface area contributed by atoms with Gasteiger partial charge in [0.1, 0.15) is 11.5 Å². The number of carbonyl (C=O) groups excluding carboxylic acids is 2. The van der Waals surface area contributed by atoms with Crippen molar-refractivity contribution < 1.29 is 28.3 Å². The van der Waals surface area contributed by atoms with E-state index in [1.165, 1.54) is 25.6 Å². The number of amides is 1. The summed E-state index contributed by atoms with van der Waals surface area (Å²) >= 11 is 1.49. The summed E-state index contributed by atoms with van der Waals surface area (Å²) in [5.41, 5.74) is 0.417. The second kappa shape index (κ2) is 9.69. The second-order valence-corrected chi connectivity index (χ2v) is 6.71. The number of nitrogens with one attached hydrogen (secondary N) is 1. The Morgan fingerprint density at radius 2 is 2.07 bits per heavy atom. The number of aryl methyl sites for hydroxylation is 1. The molecule has 2 aromatic heterocycles. The van der Waals surface area contributed by atoms with Crippen molar-refractivity contribution in [3.8, 4) is 22.2 Å². The van der Waals surface area contributed by atoms with Gasteiger partial charge in [-0.25, -0.2) is 0 Å². The van der Waals surface area contributed by atoms with Crippen LogP contribution in [0.25, 0.3) is 10.7 Å². The number of carbonyl (C=O) groups is 2. The Labute approximate surface area is 170 Å². The number of hydrogen-bond donors (Lipinski definition) is 1. The molecule has 0 saturated carbocycles. The average Bonchev–Trinajstić information content (AvgIpc) is 3.42. The molecule has 10 heteroatoms. The van der Waals surface area contributed by atoms with Crippen molar-refractivity contribution in [2.75, 3.05) is 26.1 Å². The van der Waals surface area contributed by atoms with Crippen LogP contribution in [-0.2, 0) is 20.7 Å². The van der Waals surface area contributed by atoms with Crippen molar-refractivity contribution in [3.63, 3.8) is 0 Å². The molecule has 0 aliphatic carbocycles. The van der Waals surface area contributed by atoms with E-state index in [2.05, 4.69) is 15.5 Å². The van der Waals surface area contributed by atoms with Crippen molar-refractivity contribution in [2.24, 2.45) is 0 Å². The number of benzene rings is 1. The van der Waals surface area contributed by atoms with E-state index in [9.17, 15) is 9.59 Å². The predicted octanol–water partition coefficient (Wildman–Crippen LogP) is 2.93. The van der Waals surface area contributed by atoms with Crippen LogP contribution in [0.3, 0.4) is 0 Å². The number of thiophene rings is 1. The highest BCUT2D eigenvalue weighted by Gasteiger charge is 2.14. The van der Waals surface area contributed by atoms with E-state index in [-0.39, 0.29) is 12.8 Å². The van der Waals surface area contributed by atoms with Crippen LogP contribution >= 0.6 is 11.3 Å². The summed E-state index contributed by atoms with van der Waals surface area (Å²) in [5.74, 6) is 0.783. The molecule has 0 bridgehead atoms. The molecule has 9 nitrogen and oxygen atoms in total. The molecule has 0 spiro atoms. The topological polar surface area (TPSA) is 113 Å². The van der Waals surface area contributed by atoms with Gasteiger partial charge in [0.15, 0.2) is 6.61 Å². The van der Waals surface area contributed by atoms with Gasteiger partial charge in [0.05, 0.1) is 31.2 Å². The largest absolute Gasteiger partial charge is 0.497 e. The molecule has 0 aliphatic heterocycles. The van der Waals surface area contributed by atoms with Gasteiger partial charge >= 0.3 is 5.97 Å². The van der Waals surface area contributed by atoms with Crippen LogP contribution < -0.4 is 14.8 Å². The highest BCUT2D eigenvalue weighted by atomic mass is 32.1. The lowest BCUT2D eigenvalue weighted by Crippen LogP contribution is -2.21. The van der Waals surface area contributed by atoms with Gasteiger partial charge in [-0.15, -0.1) is 11.3 Å². The molecule has 29 heavy (non-hydrogen) atoms. The molecule has 0 atom stereocenters. The van der Waals surface area contributed by atoms with Gasteiger partial charge in [-0.2, -0.15) is 4.98 Å². The van der Waals surface area contributed by atoms with Crippen LogP contribution in [0.2, 0.25) is 0 Å². The van der Waals surface area contributed by atoms with E-state index >= 15 is 0 Å². The zero-order valence-corrected chi connectivity index (χ0v) is 16.7. The molecule has 3 aromatic rings. The van der Waals surface area contributed by atoms with Crippen LogP contribution in [0, 0.1) is 0 Å². The third kappa shape index (κ3) is 5.55. The van der Waals surface area contributed by atoms with Crippen LogP contribution in [0.5, 0.6) is 11.5 Å². The number of nitrogens with zero attached hydrogens (tertiary/aromatic N) is 2. The summed E-state index contributed by atoms with van der Waals surface area (Å²) in [6.07, 6.45) is 0.240. The monoisotopic (exact) mass is 417 g/mol. The summed E-state index contributed by atoms with van der Waals surface area (Å²) in [4.78, 5) is 29.1. The number of hydrogen-bond acceptors (Lipinski definition) is 9. The molecule has 0 unspecified atom stereocenters. The van der Waals surface area contributed by atoms with Gasteiger partial charge in [-0.1, -0.05) is 11.2 Å². The van der Waals surface area contributed by atoms with Crippen molar-refractivity contribution in [3.05, 3.63) is 41.6 Å². The summed E-state index contributed by atoms with van der Waals surface area (Å²) in [5, 5.41) is 8.41. The molecule has 0 fully saturated rings. The van der Waals surface area contributed by atoms with E-state index in [0.717, 1.165) is 4.88 Å². The third-order valence-electron chi connectivity index (χ3n) is 3.80. The van der Waals surface area contributed by atoms with Gasteiger partial charge in [-0.3, -0.25) is 9.59 Å². The first-order valence-electron chi connectivity index (χ1n) is 8.63. The molecule has 1 amide bonds. The Morgan fingerprint density at radius 1 is 1.21 bits per heavy atom. The van der Waals surface area contributed by atoms with Gasteiger partial charge in [-0.05, 0) is 23.6 Å². The van der Waals surface area contributed by atoms with Crippen LogP contribution in [-0.4, -0.2) is 42.8 Å². The number of anilines is 1. The molecule has 0 saturated heterocycles. The van der Waals surface area contributed by atoms with Gasteiger partial charge < -0.3 is 24.1 Å². The molecule has 0 aliphatic rings. The zero-order valence-electron chi connectivity index (χ0n) is 15.8. The molecular weight excluding hydrogens is 398 g/mol. The minimum absolute atomic E-state index is 0.0157. The first kappa shape index (κ1) is 20.3. The Bertz CT molecular complexity index is 970. The maximum Gasteiger partial charge on any atom is 0.306 e. The maximum absolute atomic E-state index is 12.1. The molecular formula is C19H19N3O6S. The van der Waals surface area contributed by atoms with Crippen molar-refractivity contribution in [2.45, 2.75) is 12.8 Å². The second-order valence-electron chi connectivity index (χ2n) is 5.76. The van der Waals surface area contributed by atoms with Crippen molar-refractivity contribution in [1.82, 2.24) is 10.1 Å². The lowest BCUT2D eigenvalue weighted by atomic mass is 10.2. The molecule has 2 heterocycles. The highest BCUT2D eigenvalue weighted by Crippen LogP contribution is 2.28. The molecule has 3 rings (SSSR count). The quantitative estimate of drug-likeness (QED) is 0.529. The minimum atomic E-state index is -0.548. The third-order valence-corrected chi connectivity index (χ3v) is 4.66. The van der Waals surface area contributed by atoms with Gasteiger partial charge in [0, 0.05) is 12.5 Å². The highest BCUT2D eigenvalue weighted by molar-refractivity contribution is 7.13. The Kier molecular flexibility index (Phi) is 6.80. The van der Waals surface area contributed by atoms with Gasteiger partial charge in [0.2, 0.25) is 11.7 Å². The Hall–Kier alpha value is -3.40. The lowest BCUT2D eigenvalue weighted by Gasteiger charge is -2.11. The van der Waals surface area contributed by atoms with E-state index in [4.69, 9.17) is 18.7 Å². The number of rotatable bonds is 9. The fourth-order valence-corrected chi connectivity index (χ4v) is 3.04. The van der Waals surface area contributed by atoms with E-state index in [0.29, 0.717) is 28.9 Å². The maximum atomic E-state index is 12.1. The van der Waals surface area contributed by atoms with E-state index in [1.54, 1.807) is 18.2 Å². The van der Waals surface area contributed by atoms with Crippen LogP contribution in [0.4, 0.5) is 5.69 Å². The first-order chi connectivity index (χ1) is 14.1. The molecule has 152 valence electrons.